The SMILES string of the molecule is Cc1ccc(-n2nc(C(=O)Nc3nn(C)c(C)c3CN)cc2C)cc1. The molecule has 3 N–H and O–H groups in total. The van der Waals surface area contributed by atoms with Gasteiger partial charge in [-0.3, -0.25) is 9.48 Å². The number of aromatic nitrogens is 4. The number of rotatable bonds is 4. The fourth-order valence-corrected chi connectivity index (χ4v) is 2.70. The molecule has 0 fully saturated rings. The minimum atomic E-state index is -0.304. The largest absolute Gasteiger partial charge is 0.326 e. The quantitative estimate of drug-likeness (QED) is 0.763. The van der Waals surface area contributed by atoms with E-state index in [9.17, 15) is 4.79 Å². The van der Waals surface area contributed by atoms with Crippen LogP contribution in [0.5, 0.6) is 0 Å². The second kappa shape index (κ2) is 6.52. The standard InChI is InChI=1S/C18H22N6O/c1-11-5-7-14(8-6-11)24-12(2)9-16(21-24)18(25)20-17-15(10-19)13(3)23(4)22-17/h5-9H,10,19H2,1-4H3,(H,20,22,25). The minimum absolute atomic E-state index is 0.304. The normalized spacial score (nSPS) is 10.9. The van der Waals surface area contributed by atoms with E-state index >= 15 is 0 Å². The van der Waals surface area contributed by atoms with Crippen LogP contribution >= 0.6 is 0 Å². The fraction of sp³-hybridized carbons (Fsp3) is 0.278. The average Bonchev–Trinajstić information content (AvgIpc) is 3.09. The number of nitrogens with zero attached hydrogens (tertiary/aromatic N) is 4. The molecule has 2 aromatic heterocycles. The molecular weight excluding hydrogens is 316 g/mol. The third-order valence-electron chi connectivity index (χ3n) is 4.29. The third-order valence-corrected chi connectivity index (χ3v) is 4.29. The van der Waals surface area contributed by atoms with Crippen molar-refractivity contribution in [2.75, 3.05) is 5.32 Å². The Morgan fingerprint density at radius 3 is 2.48 bits per heavy atom. The van der Waals surface area contributed by atoms with Crippen LogP contribution in [0, 0.1) is 20.8 Å². The van der Waals surface area contributed by atoms with Crippen LogP contribution in [0.4, 0.5) is 5.82 Å². The van der Waals surface area contributed by atoms with Crippen molar-refractivity contribution >= 4 is 11.7 Å². The molecule has 2 heterocycles. The number of benzene rings is 1. The van der Waals surface area contributed by atoms with Crippen LogP contribution < -0.4 is 11.1 Å². The van der Waals surface area contributed by atoms with Gasteiger partial charge in [-0.05, 0) is 39.0 Å². The lowest BCUT2D eigenvalue weighted by atomic mass is 10.2. The Bertz CT molecular complexity index is 920. The minimum Gasteiger partial charge on any atom is -0.326 e. The molecule has 7 nitrogen and oxygen atoms in total. The van der Waals surface area contributed by atoms with Gasteiger partial charge in [0.25, 0.3) is 5.91 Å². The lowest BCUT2D eigenvalue weighted by Crippen LogP contribution is -2.15. The molecule has 3 rings (SSSR count). The molecule has 0 atom stereocenters. The molecule has 0 spiro atoms. The predicted molar refractivity (Wildman–Crippen MR) is 96.8 cm³/mol. The predicted octanol–water partition coefficient (Wildman–Crippen LogP) is 2.24. The van der Waals surface area contributed by atoms with Crippen LogP contribution in [0.25, 0.3) is 5.69 Å². The highest BCUT2D eigenvalue weighted by molar-refractivity contribution is 6.02. The van der Waals surface area contributed by atoms with E-state index in [1.54, 1.807) is 15.4 Å². The van der Waals surface area contributed by atoms with E-state index in [0.29, 0.717) is 18.1 Å². The first-order valence-corrected chi connectivity index (χ1v) is 8.08. The van der Waals surface area contributed by atoms with Crippen molar-refractivity contribution in [1.82, 2.24) is 19.6 Å². The Morgan fingerprint density at radius 1 is 1.16 bits per heavy atom. The molecule has 3 aromatic rings. The van der Waals surface area contributed by atoms with Gasteiger partial charge in [0, 0.05) is 30.5 Å². The number of amides is 1. The smallest absolute Gasteiger partial charge is 0.277 e. The first-order chi connectivity index (χ1) is 11.9. The molecule has 0 radical (unpaired) electrons. The van der Waals surface area contributed by atoms with Crippen molar-refractivity contribution in [2.45, 2.75) is 27.3 Å². The fourth-order valence-electron chi connectivity index (χ4n) is 2.70. The summed E-state index contributed by atoms with van der Waals surface area (Å²) in [7, 11) is 1.82. The Hall–Kier alpha value is -2.93. The van der Waals surface area contributed by atoms with Gasteiger partial charge >= 0.3 is 0 Å². The van der Waals surface area contributed by atoms with E-state index in [1.165, 1.54) is 5.56 Å². The summed E-state index contributed by atoms with van der Waals surface area (Å²) in [4.78, 5) is 12.6. The number of carbonyl (C=O) groups excluding carboxylic acids is 1. The van der Waals surface area contributed by atoms with Gasteiger partial charge in [0.05, 0.1) is 5.69 Å². The summed E-state index contributed by atoms with van der Waals surface area (Å²) < 4.78 is 3.45. The van der Waals surface area contributed by atoms with Gasteiger partial charge in [-0.1, -0.05) is 17.7 Å². The lowest BCUT2D eigenvalue weighted by molar-refractivity contribution is 0.102. The highest BCUT2D eigenvalue weighted by Crippen LogP contribution is 2.19. The molecule has 0 unspecified atom stereocenters. The van der Waals surface area contributed by atoms with E-state index in [-0.39, 0.29) is 5.91 Å². The van der Waals surface area contributed by atoms with Crippen molar-refractivity contribution in [1.29, 1.82) is 0 Å². The highest BCUT2D eigenvalue weighted by Gasteiger charge is 2.18. The molecule has 0 aliphatic rings. The van der Waals surface area contributed by atoms with Gasteiger partial charge in [-0.25, -0.2) is 4.68 Å². The molecule has 1 amide bonds. The van der Waals surface area contributed by atoms with Gasteiger partial charge in [0.2, 0.25) is 0 Å². The number of aryl methyl sites for hydroxylation is 3. The molecule has 1 aromatic carbocycles. The second-order valence-electron chi connectivity index (χ2n) is 6.11. The van der Waals surface area contributed by atoms with Crippen molar-refractivity contribution in [3.8, 4) is 5.69 Å². The Kier molecular flexibility index (Phi) is 4.41. The molecule has 130 valence electrons. The number of anilines is 1. The maximum Gasteiger partial charge on any atom is 0.277 e. The topological polar surface area (TPSA) is 90.8 Å². The van der Waals surface area contributed by atoms with Gasteiger partial charge in [-0.2, -0.15) is 10.2 Å². The number of nitrogens with one attached hydrogen (secondary N) is 1. The molecule has 0 saturated heterocycles. The first kappa shape index (κ1) is 16.9. The number of nitrogens with two attached hydrogens (primary N) is 1. The van der Waals surface area contributed by atoms with Crippen LogP contribution in [0.3, 0.4) is 0 Å². The van der Waals surface area contributed by atoms with Gasteiger partial charge in [-0.15, -0.1) is 0 Å². The molecule has 0 aliphatic heterocycles. The summed E-state index contributed by atoms with van der Waals surface area (Å²) in [6.45, 7) is 6.18. The van der Waals surface area contributed by atoms with E-state index in [1.807, 2.05) is 52.1 Å². The van der Waals surface area contributed by atoms with Crippen molar-refractivity contribution in [2.24, 2.45) is 12.8 Å². The number of hydrogen-bond donors (Lipinski definition) is 2. The lowest BCUT2D eigenvalue weighted by Gasteiger charge is -2.04. The van der Waals surface area contributed by atoms with Crippen LogP contribution in [-0.4, -0.2) is 25.5 Å². The van der Waals surface area contributed by atoms with E-state index in [4.69, 9.17) is 5.73 Å². The Morgan fingerprint density at radius 2 is 1.84 bits per heavy atom. The molecule has 7 heteroatoms. The summed E-state index contributed by atoms with van der Waals surface area (Å²) in [6.07, 6.45) is 0. The monoisotopic (exact) mass is 338 g/mol. The maximum absolute atomic E-state index is 12.6. The van der Waals surface area contributed by atoms with Gasteiger partial charge in [0.1, 0.15) is 0 Å². The Labute approximate surface area is 146 Å². The number of carbonyl (C=O) groups is 1. The molecule has 25 heavy (non-hydrogen) atoms. The molecule has 0 bridgehead atoms. The van der Waals surface area contributed by atoms with E-state index in [0.717, 1.165) is 22.6 Å². The summed E-state index contributed by atoms with van der Waals surface area (Å²) in [5, 5.41) is 11.6. The zero-order valence-corrected chi connectivity index (χ0v) is 14.9. The van der Waals surface area contributed by atoms with Crippen molar-refractivity contribution < 1.29 is 4.79 Å². The van der Waals surface area contributed by atoms with Crippen LogP contribution in [0.2, 0.25) is 0 Å². The third kappa shape index (κ3) is 3.18. The average molecular weight is 338 g/mol. The number of hydrogen-bond acceptors (Lipinski definition) is 4. The zero-order chi connectivity index (χ0) is 18.1. The van der Waals surface area contributed by atoms with Crippen LogP contribution in [-0.2, 0) is 13.6 Å². The van der Waals surface area contributed by atoms with E-state index < -0.39 is 0 Å². The van der Waals surface area contributed by atoms with Gasteiger partial charge in [0.15, 0.2) is 11.5 Å². The van der Waals surface area contributed by atoms with Crippen molar-refractivity contribution in [3.05, 3.63) is 58.5 Å². The van der Waals surface area contributed by atoms with Crippen molar-refractivity contribution in [3.63, 3.8) is 0 Å². The summed E-state index contributed by atoms with van der Waals surface area (Å²) in [6, 6.07) is 9.74. The van der Waals surface area contributed by atoms with Crippen LogP contribution in [0.1, 0.15) is 33.0 Å². The molecule has 0 aliphatic carbocycles. The zero-order valence-electron chi connectivity index (χ0n) is 14.9. The van der Waals surface area contributed by atoms with Gasteiger partial charge < -0.3 is 11.1 Å². The second-order valence-corrected chi connectivity index (χ2v) is 6.11. The first-order valence-electron chi connectivity index (χ1n) is 8.08. The highest BCUT2D eigenvalue weighted by atomic mass is 16.2. The maximum atomic E-state index is 12.6. The molecule has 0 saturated carbocycles. The summed E-state index contributed by atoms with van der Waals surface area (Å²) in [5.41, 5.74) is 10.8. The molecular formula is C18H22N6O. The Balaban J connectivity index is 1.88. The van der Waals surface area contributed by atoms with E-state index in [2.05, 4.69) is 15.5 Å². The summed E-state index contributed by atoms with van der Waals surface area (Å²) >= 11 is 0. The van der Waals surface area contributed by atoms with Crippen LogP contribution in [0.15, 0.2) is 30.3 Å². The summed E-state index contributed by atoms with van der Waals surface area (Å²) in [5.74, 6) is 0.178.